The summed E-state index contributed by atoms with van der Waals surface area (Å²) in [6.07, 6.45) is 8.77. The molecule has 0 radical (unpaired) electrons. The zero-order chi connectivity index (χ0) is 18.9. The first-order valence-corrected chi connectivity index (χ1v) is 10.8. The summed E-state index contributed by atoms with van der Waals surface area (Å²) in [6.45, 7) is 8.54. The van der Waals surface area contributed by atoms with Gasteiger partial charge in [0.1, 0.15) is 0 Å². The molecule has 1 aromatic rings. The van der Waals surface area contributed by atoms with Gasteiger partial charge in [-0.2, -0.15) is 0 Å². The maximum atomic E-state index is 13.2. The fourth-order valence-electron chi connectivity index (χ4n) is 4.24. The molecule has 1 aromatic heterocycles. The SMILES string of the molecule is Cc1cc(NC(=O)C(C)(C)C)sc1C(=O)N1CCCC1C1CCCCC1. The minimum Gasteiger partial charge on any atom is -0.335 e. The molecule has 1 unspecified atom stereocenters. The van der Waals surface area contributed by atoms with Gasteiger partial charge in [-0.3, -0.25) is 9.59 Å². The van der Waals surface area contributed by atoms with E-state index in [1.165, 1.54) is 43.4 Å². The van der Waals surface area contributed by atoms with E-state index in [1.807, 2.05) is 33.8 Å². The van der Waals surface area contributed by atoms with Crippen molar-refractivity contribution in [3.63, 3.8) is 0 Å². The number of carbonyl (C=O) groups excluding carboxylic acids is 2. The fourth-order valence-corrected chi connectivity index (χ4v) is 5.26. The molecular formula is C21H32N2O2S. The zero-order valence-electron chi connectivity index (χ0n) is 16.6. The van der Waals surface area contributed by atoms with Gasteiger partial charge >= 0.3 is 0 Å². The molecule has 2 fully saturated rings. The van der Waals surface area contributed by atoms with E-state index >= 15 is 0 Å². The Balaban J connectivity index is 1.74. The molecule has 5 heteroatoms. The van der Waals surface area contributed by atoms with E-state index < -0.39 is 5.41 Å². The quantitative estimate of drug-likeness (QED) is 0.785. The van der Waals surface area contributed by atoms with Gasteiger partial charge in [0.25, 0.3) is 5.91 Å². The van der Waals surface area contributed by atoms with Crippen molar-refractivity contribution in [1.29, 1.82) is 0 Å². The maximum absolute atomic E-state index is 13.2. The van der Waals surface area contributed by atoms with E-state index in [0.29, 0.717) is 12.0 Å². The summed E-state index contributed by atoms with van der Waals surface area (Å²) in [5.74, 6) is 0.825. The Morgan fingerprint density at radius 2 is 1.81 bits per heavy atom. The lowest BCUT2D eigenvalue weighted by molar-refractivity contribution is -0.123. The molecule has 1 aliphatic carbocycles. The monoisotopic (exact) mass is 376 g/mol. The van der Waals surface area contributed by atoms with Gasteiger partial charge in [-0.15, -0.1) is 11.3 Å². The third-order valence-corrected chi connectivity index (χ3v) is 6.92. The van der Waals surface area contributed by atoms with Crippen molar-refractivity contribution in [3.05, 3.63) is 16.5 Å². The second-order valence-electron chi connectivity index (χ2n) is 8.93. The lowest BCUT2D eigenvalue weighted by Crippen LogP contribution is -2.40. The van der Waals surface area contributed by atoms with E-state index in [0.717, 1.165) is 34.8 Å². The number of anilines is 1. The summed E-state index contributed by atoms with van der Waals surface area (Å²) in [5.41, 5.74) is 0.529. The molecule has 1 saturated heterocycles. The van der Waals surface area contributed by atoms with E-state index in [-0.39, 0.29) is 11.8 Å². The third kappa shape index (κ3) is 4.13. The second kappa shape index (κ2) is 7.71. The molecule has 144 valence electrons. The van der Waals surface area contributed by atoms with Crippen molar-refractivity contribution < 1.29 is 9.59 Å². The van der Waals surface area contributed by atoms with E-state index in [4.69, 9.17) is 0 Å². The third-order valence-electron chi connectivity index (χ3n) is 5.78. The second-order valence-corrected chi connectivity index (χ2v) is 9.99. The summed E-state index contributed by atoms with van der Waals surface area (Å²) < 4.78 is 0. The lowest BCUT2D eigenvalue weighted by atomic mass is 9.83. The van der Waals surface area contributed by atoms with Gasteiger partial charge in [0.05, 0.1) is 9.88 Å². The standard InChI is InChI=1S/C21H32N2O2S/c1-14-13-17(22-20(25)21(2,3)4)26-18(14)19(24)23-12-8-11-16(23)15-9-6-5-7-10-15/h13,15-16H,5-12H2,1-4H3,(H,22,25). The smallest absolute Gasteiger partial charge is 0.264 e. The van der Waals surface area contributed by atoms with Crippen LogP contribution in [0.3, 0.4) is 0 Å². The molecule has 0 bridgehead atoms. The summed E-state index contributed by atoms with van der Waals surface area (Å²) in [6, 6.07) is 2.35. The predicted octanol–water partition coefficient (Wildman–Crippen LogP) is 5.23. The normalized spacial score (nSPS) is 21.8. The first-order valence-electron chi connectivity index (χ1n) is 10.00. The Kier molecular flexibility index (Phi) is 5.75. The topological polar surface area (TPSA) is 49.4 Å². The molecule has 4 nitrogen and oxygen atoms in total. The summed E-state index contributed by atoms with van der Waals surface area (Å²) in [7, 11) is 0. The van der Waals surface area contributed by atoms with Crippen LogP contribution in [-0.2, 0) is 4.79 Å². The average Bonchev–Trinajstić information content (AvgIpc) is 3.21. The van der Waals surface area contributed by atoms with Crippen LogP contribution in [0.5, 0.6) is 0 Å². The molecule has 2 amide bonds. The Morgan fingerprint density at radius 1 is 1.12 bits per heavy atom. The molecule has 1 atom stereocenters. The molecule has 2 heterocycles. The number of hydrogen-bond donors (Lipinski definition) is 1. The Hall–Kier alpha value is -1.36. The molecule has 0 aromatic carbocycles. The summed E-state index contributed by atoms with van der Waals surface area (Å²) >= 11 is 1.42. The molecule has 1 saturated carbocycles. The molecule has 1 N–H and O–H groups in total. The van der Waals surface area contributed by atoms with Gasteiger partial charge in [-0.1, -0.05) is 40.0 Å². The molecule has 26 heavy (non-hydrogen) atoms. The van der Waals surface area contributed by atoms with Gasteiger partial charge < -0.3 is 10.2 Å². The maximum Gasteiger partial charge on any atom is 0.264 e. The van der Waals surface area contributed by atoms with Gasteiger partial charge in [0.2, 0.25) is 5.91 Å². The number of thiophene rings is 1. The summed E-state index contributed by atoms with van der Waals surface area (Å²) in [4.78, 5) is 28.4. The van der Waals surface area contributed by atoms with Gasteiger partial charge in [0, 0.05) is 18.0 Å². The highest BCUT2D eigenvalue weighted by molar-refractivity contribution is 7.18. The number of amides is 2. The molecule has 2 aliphatic rings. The number of aryl methyl sites for hydroxylation is 1. The number of hydrogen-bond acceptors (Lipinski definition) is 3. The minimum atomic E-state index is -0.441. The van der Waals surface area contributed by atoms with Crippen LogP contribution < -0.4 is 5.32 Å². The van der Waals surface area contributed by atoms with Crippen molar-refractivity contribution in [2.24, 2.45) is 11.3 Å². The molecule has 1 aliphatic heterocycles. The van der Waals surface area contributed by atoms with Crippen molar-refractivity contribution in [2.45, 2.75) is 78.7 Å². The van der Waals surface area contributed by atoms with Crippen LogP contribution in [0.2, 0.25) is 0 Å². The van der Waals surface area contributed by atoms with Crippen LogP contribution in [0.1, 0.15) is 81.0 Å². The van der Waals surface area contributed by atoms with Crippen LogP contribution in [-0.4, -0.2) is 29.3 Å². The van der Waals surface area contributed by atoms with Crippen LogP contribution in [0.4, 0.5) is 5.00 Å². The summed E-state index contributed by atoms with van der Waals surface area (Å²) in [5, 5.41) is 3.75. The van der Waals surface area contributed by atoms with Crippen LogP contribution in [0.15, 0.2) is 6.07 Å². The van der Waals surface area contributed by atoms with E-state index in [2.05, 4.69) is 10.2 Å². The largest absolute Gasteiger partial charge is 0.335 e. The predicted molar refractivity (Wildman–Crippen MR) is 108 cm³/mol. The number of nitrogens with zero attached hydrogens (tertiary/aromatic N) is 1. The van der Waals surface area contributed by atoms with Crippen molar-refractivity contribution in [3.8, 4) is 0 Å². The van der Waals surface area contributed by atoms with Crippen LogP contribution >= 0.6 is 11.3 Å². The van der Waals surface area contributed by atoms with Gasteiger partial charge in [-0.25, -0.2) is 0 Å². The lowest BCUT2D eigenvalue weighted by Gasteiger charge is -2.34. The number of likely N-dealkylation sites (tertiary alicyclic amines) is 1. The van der Waals surface area contributed by atoms with Gasteiger partial charge in [0.15, 0.2) is 0 Å². The van der Waals surface area contributed by atoms with Crippen LogP contribution in [0.25, 0.3) is 0 Å². The average molecular weight is 377 g/mol. The van der Waals surface area contributed by atoms with Crippen molar-refractivity contribution in [2.75, 3.05) is 11.9 Å². The van der Waals surface area contributed by atoms with Crippen LogP contribution in [0, 0.1) is 18.3 Å². The van der Waals surface area contributed by atoms with E-state index in [1.54, 1.807) is 0 Å². The molecule has 0 spiro atoms. The highest BCUT2D eigenvalue weighted by Crippen LogP contribution is 2.37. The number of nitrogens with one attached hydrogen (secondary N) is 1. The van der Waals surface area contributed by atoms with Crippen molar-refractivity contribution >= 4 is 28.2 Å². The highest BCUT2D eigenvalue weighted by Gasteiger charge is 2.36. The Labute approximate surface area is 161 Å². The minimum absolute atomic E-state index is 0.0148. The van der Waals surface area contributed by atoms with E-state index in [9.17, 15) is 9.59 Å². The first kappa shape index (κ1) is 19.4. The molecule has 3 rings (SSSR count). The number of rotatable bonds is 3. The van der Waals surface area contributed by atoms with Gasteiger partial charge in [-0.05, 0) is 50.2 Å². The number of carbonyl (C=O) groups is 2. The fraction of sp³-hybridized carbons (Fsp3) is 0.714. The van der Waals surface area contributed by atoms with Crippen molar-refractivity contribution in [1.82, 2.24) is 4.90 Å². The molecular weight excluding hydrogens is 344 g/mol. The Bertz CT molecular complexity index is 668. The highest BCUT2D eigenvalue weighted by atomic mass is 32.1. The Morgan fingerprint density at radius 3 is 2.46 bits per heavy atom. The first-order chi connectivity index (χ1) is 12.3. The zero-order valence-corrected chi connectivity index (χ0v) is 17.4.